The molecule has 3 aliphatic rings. The molecule has 2 aromatic heterocycles. The average Bonchev–Trinajstić information content (AvgIpc) is 3.13. The molecule has 0 spiro atoms. The van der Waals surface area contributed by atoms with E-state index in [0.717, 1.165) is 18.8 Å². The molecule has 27 heavy (non-hydrogen) atoms. The second-order valence-corrected chi connectivity index (χ2v) is 7.81. The van der Waals surface area contributed by atoms with Crippen molar-refractivity contribution in [2.45, 2.75) is 31.8 Å². The lowest BCUT2D eigenvalue weighted by Crippen LogP contribution is -2.54. The minimum Gasteiger partial charge on any atom is -0.330 e. The molecule has 7 nitrogen and oxygen atoms in total. The number of rotatable bonds is 4. The Kier molecular flexibility index (Phi) is 4.06. The maximum absolute atomic E-state index is 12.6. The molecule has 2 bridgehead atoms. The summed E-state index contributed by atoms with van der Waals surface area (Å²) >= 11 is 0. The van der Waals surface area contributed by atoms with Crippen molar-refractivity contribution in [1.82, 2.24) is 24.6 Å². The Bertz CT molecular complexity index is 1010. The number of aromatic amines is 1. The van der Waals surface area contributed by atoms with E-state index in [9.17, 15) is 4.79 Å². The van der Waals surface area contributed by atoms with Gasteiger partial charge >= 0.3 is 0 Å². The van der Waals surface area contributed by atoms with Crippen molar-refractivity contribution in [2.24, 2.45) is 17.6 Å². The predicted octanol–water partition coefficient (Wildman–Crippen LogP) is 1.67. The molecule has 3 atom stereocenters. The van der Waals surface area contributed by atoms with Crippen LogP contribution in [0.4, 0.5) is 0 Å². The minimum absolute atomic E-state index is 0.130. The van der Waals surface area contributed by atoms with Crippen LogP contribution in [0.3, 0.4) is 0 Å². The summed E-state index contributed by atoms with van der Waals surface area (Å²) in [6, 6.07) is 10.3. The molecule has 4 heterocycles. The van der Waals surface area contributed by atoms with E-state index in [4.69, 9.17) is 10.7 Å². The van der Waals surface area contributed by atoms with Gasteiger partial charge in [-0.05, 0) is 49.8 Å². The molecule has 1 aromatic carbocycles. The smallest absolute Gasteiger partial charge is 0.262 e. The maximum Gasteiger partial charge on any atom is 0.262 e. The van der Waals surface area contributed by atoms with Crippen LogP contribution in [0.1, 0.15) is 25.1 Å². The summed E-state index contributed by atoms with van der Waals surface area (Å²) in [6.45, 7) is 2.46. The zero-order chi connectivity index (χ0) is 18.4. The summed E-state index contributed by atoms with van der Waals surface area (Å²) in [5.74, 6) is 1.98. The molecule has 2 saturated heterocycles. The van der Waals surface area contributed by atoms with Crippen LogP contribution in [-0.4, -0.2) is 43.8 Å². The number of nitrogens with two attached hydrogens (primary N) is 1. The lowest BCUT2D eigenvalue weighted by Gasteiger charge is -2.49. The highest BCUT2D eigenvalue weighted by atomic mass is 16.1. The zero-order valence-electron chi connectivity index (χ0n) is 15.2. The minimum atomic E-state index is -0.130. The first-order valence-electron chi connectivity index (χ1n) is 9.69. The Hall–Kier alpha value is -2.51. The van der Waals surface area contributed by atoms with Gasteiger partial charge in [0.1, 0.15) is 11.2 Å². The van der Waals surface area contributed by atoms with Crippen molar-refractivity contribution in [3.8, 4) is 5.69 Å². The summed E-state index contributed by atoms with van der Waals surface area (Å²) in [5, 5.41) is 4.90. The number of benzene rings is 1. The lowest BCUT2D eigenvalue weighted by atomic mass is 9.73. The molecule has 140 valence electrons. The zero-order valence-corrected chi connectivity index (χ0v) is 15.2. The van der Waals surface area contributed by atoms with Crippen molar-refractivity contribution in [3.63, 3.8) is 0 Å². The molecule has 3 N–H and O–H groups in total. The van der Waals surface area contributed by atoms with E-state index in [1.54, 1.807) is 10.9 Å². The number of hydrogen-bond donors (Lipinski definition) is 2. The molecule has 3 unspecified atom stereocenters. The van der Waals surface area contributed by atoms with Gasteiger partial charge in [0.05, 0.1) is 18.4 Å². The molecule has 2 aliphatic heterocycles. The molecule has 3 fully saturated rings. The molecule has 1 saturated carbocycles. The predicted molar refractivity (Wildman–Crippen MR) is 104 cm³/mol. The maximum atomic E-state index is 12.6. The Morgan fingerprint density at radius 1 is 1.22 bits per heavy atom. The van der Waals surface area contributed by atoms with E-state index in [-0.39, 0.29) is 5.56 Å². The van der Waals surface area contributed by atoms with E-state index in [1.165, 1.54) is 19.3 Å². The van der Waals surface area contributed by atoms with E-state index >= 15 is 0 Å². The van der Waals surface area contributed by atoms with Gasteiger partial charge < -0.3 is 10.7 Å². The third-order valence-electron chi connectivity index (χ3n) is 6.16. The van der Waals surface area contributed by atoms with Crippen LogP contribution in [0.5, 0.6) is 0 Å². The topological polar surface area (TPSA) is 92.8 Å². The van der Waals surface area contributed by atoms with E-state index in [0.29, 0.717) is 41.3 Å². The Morgan fingerprint density at radius 2 is 2.07 bits per heavy atom. The van der Waals surface area contributed by atoms with Gasteiger partial charge in [-0.1, -0.05) is 18.2 Å². The van der Waals surface area contributed by atoms with Crippen molar-refractivity contribution < 1.29 is 0 Å². The van der Waals surface area contributed by atoms with Gasteiger partial charge in [0.25, 0.3) is 5.56 Å². The summed E-state index contributed by atoms with van der Waals surface area (Å²) < 4.78 is 1.74. The quantitative estimate of drug-likeness (QED) is 0.735. The van der Waals surface area contributed by atoms with Crippen LogP contribution in [0.15, 0.2) is 41.3 Å². The number of aromatic nitrogens is 4. The van der Waals surface area contributed by atoms with Crippen LogP contribution >= 0.6 is 0 Å². The number of fused-ring (bicyclic) bond motifs is 4. The van der Waals surface area contributed by atoms with Gasteiger partial charge in [-0.3, -0.25) is 9.69 Å². The number of nitrogens with zero attached hydrogens (tertiary/aromatic N) is 4. The van der Waals surface area contributed by atoms with Crippen molar-refractivity contribution >= 4 is 11.0 Å². The van der Waals surface area contributed by atoms with Crippen LogP contribution in [-0.2, 0) is 6.54 Å². The van der Waals surface area contributed by atoms with Crippen LogP contribution in [0.25, 0.3) is 16.7 Å². The van der Waals surface area contributed by atoms with Crippen molar-refractivity contribution in [2.75, 3.05) is 13.1 Å². The summed E-state index contributed by atoms with van der Waals surface area (Å²) in [6.07, 6.45) is 5.31. The standard InChI is InChI=1S/C20H24N6O/c21-9-14-8-13-6-7-17(14)25(11-13)12-18-23-19-16(20(27)24-18)10-22-26(19)15-4-2-1-3-5-15/h1-5,10,13-14,17H,6-9,11-12,21H2,(H,23,24,27). The summed E-state index contributed by atoms with van der Waals surface area (Å²) in [4.78, 5) is 22.8. The third kappa shape index (κ3) is 2.87. The normalized spacial score (nSPS) is 25.3. The summed E-state index contributed by atoms with van der Waals surface area (Å²) in [5.41, 5.74) is 7.38. The largest absolute Gasteiger partial charge is 0.330 e. The highest BCUT2D eigenvalue weighted by Crippen LogP contribution is 2.39. The summed E-state index contributed by atoms with van der Waals surface area (Å²) in [7, 11) is 0. The van der Waals surface area contributed by atoms with Gasteiger partial charge in [-0.2, -0.15) is 5.10 Å². The molecule has 0 radical (unpaired) electrons. The molecule has 7 heteroatoms. The van der Waals surface area contributed by atoms with Gasteiger partial charge in [0.2, 0.25) is 0 Å². The highest BCUT2D eigenvalue weighted by molar-refractivity contribution is 5.75. The Balaban J connectivity index is 1.50. The Labute approximate surface area is 157 Å². The monoisotopic (exact) mass is 364 g/mol. The molecule has 6 rings (SSSR count). The van der Waals surface area contributed by atoms with Crippen LogP contribution in [0, 0.1) is 11.8 Å². The average molecular weight is 364 g/mol. The van der Waals surface area contributed by atoms with Gasteiger partial charge in [-0.15, -0.1) is 0 Å². The fraction of sp³-hybridized carbons (Fsp3) is 0.450. The molecule has 1 aliphatic carbocycles. The van der Waals surface area contributed by atoms with Crippen LogP contribution < -0.4 is 11.3 Å². The van der Waals surface area contributed by atoms with Gasteiger partial charge in [-0.25, -0.2) is 9.67 Å². The number of para-hydroxylation sites is 1. The first kappa shape index (κ1) is 16.6. The Morgan fingerprint density at radius 3 is 2.85 bits per heavy atom. The first-order chi connectivity index (χ1) is 13.2. The number of piperidine rings is 2. The fourth-order valence-electron chi connectivity index (χ4n) is 4.88. The third-order valence-corrected chi connectivity index (χ3v) is 6.16. The van der Waals surface area contributed by atoms with Gasteiger partial charge in [0.15, 0.2) is 5.65 Å². The molecule has 3 aromatic rings. The number of nitrogens with one attached hydrogen (secondary N) is 1. The van der Waals surface area contributed by atoms with Crippen molar-refractivity contribution in [1.29, 1.82) is 0 Å². The van der Waals surface area contributed by atoms with E-state index in [1.807, 2.05) is 30.3 Å². The highest BCUT2D eigenvalue weighted by Gasteiger charge is 2.40. The van der Waals surface area contributed by atoms with Gasteiger partial charge in [0, 0.05) is 12.6 Å². The molecular weight excluding hydrogens is 340 g/mol. The fourth-order valence-corrected chi connectivity index (χ4v) is 4.88. The second kappa shape index (κ2) is 6.58. The van der Waals surface area contributed by atoms with Crippen LogP contribution in [0.2, 0.25) is 0 Å². The number of hydrogen-bond acceptors (Lipinski definition) is 5. The second-order valence-electron chi connectivity index (χ2n) is 7.81. The van der Waals surface area contributed by atoms with E-state index < -0.39 is 0 Å². The van der Waals surface area contributed by atoms with E-state index in [2.05, 4.69) is 15.0 Å². The molecule has 0 amide bonds. The first-order valence-corrected chi connectivity index (χ1v) is 9.69. The lowest BCUT2D eigenvalue weighted by molar-refractivity contribution is -0.00263. The molecular formula is C20H24N6O. The van der Waals surface area contributed by atoms with Crippen molar-refractivity contribution in [3.05, 3.63) is 52.7 Å². The SMILES string of the molecule is NCC1CC2CCC1N(Cc1nc3c(cnn3-c3ccccc3)c(=O)[nH]1)C2. The number of H-pyrrole nitrogens is 1.